The number of pyridine rings is 1. The van der Waals surface area contributed by atoms with Gasteiger partial charge in [0.15, 0.2) is 5.13 Å². The van der Waals surface area contributed by atoms with Gasteiger partial charge in [0, 0.05) is 11.6 Å². The Labute approximate surface area is 192 Å². The predicted molar refractivity (Wildman–Crippen MR) is 116 cm³/mol. The Kier molecular flexibility index (Phi) is 8.64. The Balaban J connectivity index is 2.03. The summed E-state index contributed by atoms with van der Waals surface area (Å²) in [7, 11) is 0. The summed E-state index contributed by atoms with van der Waals surface area (Å²) in [6, 6.07) is 1.29. The van der Waals surface area contributed by atoms with Gasteiger partial charge in [-0.05, 0) is 51.7 Å². The SMILES string of the molecule is CC#Cc1csc(NC(=O)OC[C@H](Cc2ccc(C(F)(F)F)nc2)NC(=O)OC(C)(C)C)n1. The number of halogens is 3. The third-order valence-electron chi connectivity index (χ3n) is 3.70. The van der Waals surface area contributed by atoms with Crippen molar-refractivity contribution < 1.29 is 32.2 Å². The third-order valence-corrected chi connectivity index (χ3v) is 4.46. The van der Waals surface area contributed by atoms with Crippen LogP contribution in [0.2, 0.25) is 0 Å². The van der Waals surface area contributed by atoms with Gasteiger partial charge in [-0.15, -0.1) is 11.3 Å². The van der Waals surface area contributed by atoms with Crippen molar-refractivity contribution in [2.75, 3.05) is 11.9 Å². The van der Waals surface area contributed by atoms with E-state index in [4.69, 9.17) is 9.47 Å². The molecule has 2 N–H and O–H groups in total. The zero-order valence-corrected chi connectivity index (χ0v) is 19.2. The molecule has 0 saturated carbocycles. The number of alkyl halides is 3. The number of nitrogens with one attached hydrogen (secondary N) is 2. The van der Waals surface area contributed by atoms with Gasteiger partial charge in [-0.1, -0.05) is 12.0 Å². The molecule has 0 unspecified atom stereocenters. The molecule has 1 atom stereocenters. The standard InChI is InChI=1S/C21H23F3N4O4S/c1-5-6-14-12-33-17(26-14)28-18(29)31-11-15(27-19(30)32-20(2,3)4)9-13-7-8-16(25-10-13)21(22,23)24/h7-8,10,12,15H,9,11H2,1-4H3,(H,27,30)(H,26,28,29)/t15-/m0/s1. The number of rotatable bonds is 6. The number of amides is 2. The highest BCUT2D eigenvalue weighted by Gasteiger charge is 2.32. The van der Waals surface area contributed by atoms with E-state index in [2.05, 4.69) is 32.4 Å². The van der Waals surface area contributed by atoms with Crippen LogP contribution in [0.25, 0.3) is 0 Å². The highest BCUT2D eigenvalue weighted by molar-refractivity contribution is 7.14. The molecule has 2 heterocycles. The molecule has 0 bridgehead atoms. The number of nitrogens with zero attached hydrogens (tertiary/aromatic N) is 2. The molecule has 0 radical (unpaired) electrons. The van der Waals surface area contributed by atoms with Crippen LogP contribution >= 0.6 is 11.3 Å². The lowest BCUT2D eigenvalue weighted by atomic mass is 10.1. The van der Waals surface area contributed by atoms with Crippen LogP contribution in [0.1, 0.15) is 44.6 Å². The van der Waals surface area contributed by atoms with Gasteiger partial charge < -0.3 is 14.8 Å². The van der Waals surface area contributed by atoms with E-state index in [0.717, 1.165) is 23.6 Å². The Morgan fingerprint density at radius 3 is 2.52 bits per heavy atom. The third kappa shape index (κ3) is 9.36. The molecule has 0 aromatic carbocycles. The maximum absolute atomic E-state index is 12.7. The summed E-state index contributed by atoms with van der Waals surface area (Å²) in [5.41, 5.74) is -0.908. The number of carbonyl (C=O) groups excluding carboxylic acids is 2. The summed E-state index contributed by atoms with van der Waals surface area (Å²) < 4.78 is 48.6. The number of hydrogen-bond donors (Lipinski definition) is 2. The fraction of sp³-hybridized carbons (Fsp3) is 0.429. The molecule has 8 nitrogen and oxygen atoms in total. The average molecular weight is 485 g/mol. The van der Waals surface area contributed by atoms with Crippen molar-refractivity contribution in [3.63, 3.8) is 0 Å². The number of thiazole rings is 1. The normalized spacial score (nSPS) is 12.2. The fourth-order valence-electron chi connectivity index (χ4n) is 2.44. The van der Waals surface area contributed by atoms with E-state index >= 15 is 0 Å². The van der Waals surface area contributed by atoms with Gasteiger partial charge in [0.2, 0.25) is 0 Å². The Hall–Kier alpha value is -3.33. The Morgan fingerprint density at radius 2 is 1.94 bits per heavy atom. The summed E-state index contributed by atoms with van der Waals surface area (Å²) >= 11 is 1.16. The molecule has 12 heteroatoms. The highest BCUT2D eigenvalue weighted by Crippen LogP contribution is 2.27. The first-order chi connectivity index (χ1) is 15.4. The van der Waals surface area contributed by atoms with Crippen molar-refractivity contribution in [3.05, 3.63) is 40.7 Å². The molecule has 0 saturated heterocycles. The van der Waals surface area contributed by atoms with E-state index in [1.54, 1.807) is 33.1 Å². The van der Waals surface area contributed by atoms with Crippen molar-refractivity contribution in [2.45, 2.75) is 51.9 Å². The van der Waals surface area contributed by atoms with Crippen LogP contribution in [-0.2, 0) is 22.1 Å². The first kappa shape index (κ1) is 25.9. The molecule has 2 amide bonds. The van der Waals surface area contributed by atoms with Crippen LogP contribution in [0.3, 0.4) is 0 Å². The zero-order chi connectivity index (χ0) is 24.6. The molecule has 2 aromatic heterocycles. The number of ether oxygens (including phenoxy) is 2. The maximum atomic E-state index is 12.7. The maximum Gasteiger partial charge on any atom is 0.433 e. The second-order valence-electron chi connectivity index (χ2n) is 7.73. The molecule has 0 fully saturated rings. The number of hydrogen-bond acceptors (Lipinski definition) is 7. The molecule has 0 aliphatic rings. The Morgan fingerprint density at radius 1 is 1.21 bits per heavy atom. The molecule has 0 spiro atoms. The molecular formula is C21H23F3N4O4S. The largest absolute Gasteiger partial charge is 0.447 e. The molecule has 2 aromatic rings. The predicted octanol–water partition coefficient (Wildman–Crippen LogP) is 4.61. The van der Waals surface area contributed by atoms with E-state index < -0.39 is 35.7 Å². The molecular weight excluding hydrogens is 461 g/mol. The summed E-state index contributed by atoms with van der Waals surface area (Å²) in [5, 5.41) is 6.95. The first-order valence-electron chi connectivity index (χ1n) is 9.69. The minimum atomic E-state index is -4.56. The van der Waals surface area contributed by atoms with Crippen LogP contribution in [-0.4, -0.2) is 40.4 Å². The topological polar surface area (TPSA) is 102 Å². The quantitative estimate of drug-likeness (QED) is 0.581. The minimum Gasteiger partial charge on any atom is -0.447 e. The number of aromatic nitrogens is 2. The highest BCUT2D eigenvalue weighted by atomic mass is 32.1. The van der Waals surface area contributed by atoms with Gasteiger partial charge in [0.05, 0.1) is 6.04 Å². The van der Waals surface area contributed by atoms with E-state index in [0.29, 0.717) is 11.3 Å². The van der Waals surface area contributed by atoms with Crippen molar-refractivity contribution in [2.24, 2.45) is 0 Å². The lowest BCUT2D eigenvalue weighted by molar-refractivity contribution is -0.141. The summed E-state index contributed by atoms with van der Waals surface area (Å²) in [4.78, 5) is 31.8. The van der Waals surface area contributed by atoms with E-state index in [9.17, 15) is 22.8 Å². The smallest absolute Gasteiger partial charge is 0.433 e. The van der Waals surface area contributed by atoms with Gasteiger partial charge in [-0.25, -0.2) is 14.6 Å². The Bertz CT molecular complexity index is 1020. The second-order valence-corrected chi connectivity index (χ2v) is 8.59. The summed E-state index contributed by atoms with van der Waals surface area (Å²) in [5.74, 6) is 5.44. The van der Waals surface area contributed by atoms with E-state index in [1.807, 2.05) is 0 Å². The molecule has 2 rings (SSSR count). The van der Waals surface area contributed by atoms with E-state index in [1.165, 1.54) is 6.07 Å². The van der Waals surface area contributed by atoms with Crippen molar-refractivity contribution >= 4 is 28.7 Å². The van der Waals surface area contributed by atoms with Crippen LogP contribution < -0.4 is 10.6 Å². The van der Waals surface area contributed by atoms with Gasteiger partial charge in [-0.2, -0.15) is 13.2 Å². The monoisotopic (exact) mass is 484 g/mol. The minimum absolute atomic E-state index is 0.0468. The van der Waals surface area contributed by atoms with Crippen LogP contribution in [0.5, 0.6) is 0 Å². The summed E-state index contributed by atoms with van der Waals surface area (Å²) in [6.45, 7) is 6.41. The molecule has 178 valence electrons. The van der Waals surface area contributed by atoms with Crippen LogP contribution in [0, 0.1) is 11.8 Å². The average Bonchev–Trinajstić information content (AvgIpc) is 3.11. The lowest BCUT2D eigenvalue weighted by Gasteiger charge is -2.23. The molecule has 33 heavy (non-hydrogen) atoms. The van der Waals surface area contributed by atoms with Gasteiger partial charge >= 0.3 is 18.4 Å². The van der Waals surface area contributed by atoms with Crippen molar-refractivity contribution in [1.82, 2.24) is 15.3 Å². The molecule has 0 aliphatic carbocycles. The van der Waals surface area contributed by atoms with Gasteiger partial charge in [0.25, 0.3) is 0 Å². The van der Waals surface area contributed by atoms with Crippen LogP contribution in [0.4, 0.5) is 27.9 Å². The zero-order valence-electron chi connectivity index (χ0n) is 18.4. The fourth-order valence-corrected chi connectivity index (χ4v) is 3.07. The lowest BCUT2D eigenvalue weighted by Crippen LogP contribution is -2.43. The number of anilines is 1. The number of alkyl carbamates (subject to hydrolysis) is 1. The van der Waals surface area contributed by atoms with E-state index in [-0.39, 0.29) is 18.2 Å². The second kappa shape index (κ2) is 11.0. The first-order valence-corrected chi connectivity index (χ1v) is 10.6. The molecule has 0 aliphatic heterocycles. The summed E-state index contributed by atoms with van der Waals surface area (Å²) in [6.07, 6.45) is -5.04. The van der Waals surface area contributed by atoms with Crippen molar-refractivity contribution in [1.29, 1.82) is 0 Å². The van der Waals surface area contributed by atoms with Gasteiger partial charge in [-0.3, -0.25) is 10.3 Å². The van der Waals surface area contributed by atoms with Gasteiger partial charge in [0.1, 0.15) is 23.6 Å². The van der Waals surface area contributed by atoms with Crippen LogP contribution in [0.15, 0.2) is 23.7 Å². The number of carbonyl (C=O) groups is 2. The van der Waals surface area contributed by atoms with Crippen molar-refractivity contribution in [3.8, 4) is 11.8 Å².